The lowest BCUT2D eigenvalue weighted by Crippen LogP contribution is -2.49. The molecule has 0 bridgehead atoms. The highest BCUT2D eigenvalue weighted by Crippen LogP contribution is 2.50. The molecule has 6 rings (SSSR count). The molecule has 3 aromatic heterocycles. The van der Waals surface area contributed by atoms with Crippen molar-refractivity contribution in [1.29, 1.82) is 0 Å². The van der Waals surface area contributed by atoms with Gasteiger partial charge in [0.05, 0.1) is 5.56 Å². The molecule has 1 N–H and O–H groups in total. The lowest BCUT2D eigenvalue weighted by atomic mass is 9.87. The molecule has 0 aliphatic carbocycles. The first kappa shape index (κ1) is 23.8. The van der Waals surface area contributed by atoms with Crippen molar-refractivity contribution in [3.8, 4) is 22.6 Å². The van der Waals surface area contributed by atoms with Crippen LogP contribution in [0.5, 0.6) is 0 Å². The summed E-state index contributed by atoms with van der Waals surface area (Å²) >= 11 is -2.05. The summed E-state index contributed by atoms with van der Waals surface area (Å²) in [7, 11) is 1.75. The number of aryl methyl sites for hydroxylation is 2. The van der Waals surface area contributed by atoms with Crippen LogP contribution in [0.4, 0.5) is 5.69 Å². The van der Waals surface area contributed by atoms with Crippen LogP contribution in [-0.4, -0.2) is 68.5 Å². The van der Waals surface area contributed by atoms with Gasteiger partial charge >= 0.3 is 0 Å². The van der Waals surface area contributed by atoms with Crippen molar-refractivity contribution in [1.82, 2.24) is 34.4 Å². The van der Waals surface area contributed by atoms with Crippen LogP contribution in [0.2, 0.25) is 0 Å². The van der Waals surface area contributed by atoms with Gasteiger partial charge in [0.1, 0.15) is 40.6 Å². The highest BCUT2D eigenvalue weighted by atomic mass is 32.2. The molecule has 0 radical (unpaired) electrons. The number of imidazole rings is 1. The number of carbonyl (C=O) groups excluding carboxylic acids is 1. The zero-order chi connectivity index (χ0) is 25.9. The Balaban J connectivity index is 1.53. The average molecular weight is 519 g/mol. The van der Waals surface area contributed by atoms with Crippen molar-refractivity contribution in [3.05, 3.63) is 48.3 Å². The monoisotopic (exact) mass is 518 g/mol. The van der Waals surface area contributed by atoms with Crippen LogP contribution < -0.4 is 4.90 Å². The van der Waals surface area contributed by atoms with Gasteiger partial charge < -0.3 is 14.0 Å². The van der Waals surface area contributed by atoms with Crippen molar-refractivity contribution >= 4 is 33.8 Å². The number of likely N-dealkylation sites (N-methyl/N-ethyl adjacent to an activating group) is 1. The smallest absolute Gasteiger partial charge is 0.251 e. The van der Waals surface area contributed by atoms with Crippen LogP contribution in [0.15, 0.2) is 36.9 Å². The normalized spacial score (nSPS) is 20.3. The fourth-order valence-electron chi connectivity index (χ4n) is 5.71. The molecule has 190 valence electrons. The molecular formula is C25H26N8O3S. The SMILES string of the molecule is CCn1c(-c2cnc(C)nc2)nc2c(-c3ccc4c(c3)[C@]3(CCCN3CS(=O)O)C(=O)N4C)ncnc21. The van der Waals surface area contributed by atoms with E-state index in [9.17, 15) is 13.6 Å². The number of fused-ring (bicyclic) bond motifs is 3. The maximum atomic E-state index is 13.6. The Morgan fingerprint density at radius 2 is 1.92 bits per heavy atom. The molecule has 5 heterocycles. The minimum atomic E-state index is -2.05. The van der Waals surface area contributed by atoms with Gasteiger partial charge in [0.25, 0.3) is 5.91 Å². The van der Waals surface area contributed by atoms with E-state index in [1.165, 1.54) is 6.33 Å². The van der Waals surface area contributed by atoms with E-state index in [1.54, 1.807) is 24.3 Å². The first-order valence-electron chi connectivity index (χ1n) is 12.1. The number of hydrogen-bond acceptors (Lipinski definition) is 8. The standard InChI is InChI=1S/C25H26N8O3S/c1-4-33-22(17-11-26-15(2)27-12-17)30-21-20(28-13-29-23(21)33)16-6-7-19-18(10-16)25(24(34)31(19)3)8-5-9-32(25)14-37(35)36/h6-7,10-13H,4-5,8-9,14H2,1-3H3,(H,35,36)/t25-/m1/s1. The Bertz CT molecular complexity index is 1570. The van der Waals surface area contributed by atoms with E-state index in [4.69, 9.17) is 4.98 Å². The Morgan fingerprint density at radius 3 is 2.65 bits per heavy atom. The molecule has 11 nitrogen and oxygen atoms in total. The van der Waals surface area contributed by atoms with Gasteiger partial charge in [-0.3, -0.25) is 9.69 Å². The van der Waals surface area contributed by atoms with Gasteiger partial charge in [-0.05, 0) is 38.8 Å². The van der Waals surface area contributed by atoms with Crippen molar-refractivity contribution < 1.29 is 13.6 Å². The van der Waals surface area contributed by atoms with Gasteiger partial charge in [-0.25, -0.2) is 29.1 Å². The molecule has 1 fully saturated rings. The summed E-state index contributed by atoms with van der Waals surface area (Å²) in [6.45, 7) is 5.09. The van der Waals surface area contributed by atoms with Crippen molar-refractivity contribution in [2.45, 2.75) is 38.8 Å². The zero-order valence-corrected chi connectivity index (χ0v) is 21.6. The number of anilines is 1. The van der Waals surface area contributed by atoms with Crippen LogP contribution in [0, 0.1) is 6.92 Å². The second-order valence-electron chi connectivity index (χ2n) is 9.37. The number of carbonyl (C=O) groups is 1. The summed E-state index contributed by atoms with van der Waals surface area (Å²) in [6, 6.07) is 5.84. The van der Waals surface area contributed by atoms with E-state index < -0.39 is 16.6 Å². The number of nitrogens with zero attached hydrogens (tertiary/aromatic N) is 8. The van der Waals surface area contributed by atoms with Gasteiger partial charge in [0.2, 0.25) is 0 Å². The number of hydrogen-bond donors (Lipinski definition) is 1. The zero-order valence-electron chi connectivity index (χ0n) is 20.7. The summed E-state index contributed by atoms with van der Waals surface area (Å²) in [5, 5.41) is 0. The summed E-state index contributed by atoms with van der Waals surface area (Å²) in [4.78, 5) is 39.7. The van der Waals surface area contributed by atoms with E-state index in [0.29, 0.717) is 48.0 Å². The average Bonchev–Trinajstić information content (AvgIpc) is 3.54. The molecule has 2 atom stereocenters. The predicted octanol–water partition coefficient (Wildman–Crippen LogP) is 2.73. The number of amides is 1. The van der Waals surface area contributed by atoms with Crippen LogP contribution in [0.25, 0.3) is 33.8 Å². The lowest BCUT2D eigenvalue weighted by Gasteiger charge is -2.33. The first-order chi connectivity index (χ1) is 17.8. The van der Waals surface area contributed by atoms with Crippen LogP contribution >= 0.6 is 0 Å². The minimum Gasteiger partial charge on any atom is -0.313 e. The topological polar surface area (TPSA) is 130 Å². The van der Waals surface area contributed by atoms with Crippen molar-refractivity contribution in [2.24, 2.45) is 0 Å². The van der Waals surface area contributed by atoms with Gasteiger partial charge in [-0.1, -0.05) is 6.07 Å². The Morgan fingerprint density at radius 1 is 1.14 bits per heavy atom. The van der Waals surface area contributed by atoms with Crippen molar-refractivity contribution in [3.63, 3.8) is 0 Å². The second-order valence-corrected chi connectivity index (χ2v) is 10.3. The minimum absolute atomic E-state index is 0.0765. The molecule has 2 aliphatic rings. The number of likely N-dealkylation sites (tertiary alicyclic amines) is 1. The van der Waals surface area contributed by atoms with Crippen LogP contribution in [0.1, 0.15) is 31.2 Å². The fourth-order valence-corrected chi connectivity index (χ4v) is 6.33. The molecule has 1 amide bonds. The molecule has 1 spiro atoms. The molecule has 4 aromatic rings. The molecule has 2 aliphatic heterocycles. The van der Waals surface area contributed by atoms with Crippen LogP contribution in [0.3, 0.4) is 0 Å². The van der Waals surface area contributed by atoms with Crippen molar-refractivity contribution in [2.75, 3.05) is 24.4 Å². The summed E-state index contributed by atoms with van der Waals surface area (Å²) in [5.41, 5.74) is 4.25. The molecule has 37 heavy (non-hydrogen) atoms. The van der Waals surface area contributed by atoms with E-state index in [-0.39, 0.29) is 11.8 Å². The highest BCUT2D eigenvalue weighted by Gasteiger charge is 2.56. The number of aromatic nitrogens is 6. The highest BCUT2D eigenvalue weighted by molar-refractivity contribution is 7.79. The number of benzene rings is 1. The fraction of sp³-hybridized carbons (Fsp3) is 0.360. The largest absolute Gasteiger partial charge is 0.313 e. The molecular weight excluding hydrogens is 492 g/mol. The van der Waals surface area contributed by atoms with E-state index in [0.717, 1.165) is 28.8 Å². The predicted molar refractivity (Wildman–Crippen MR) is 139 cm³/mol. The molecule has 12 heteroatoms. The molecule has 1 unspecified atom stereocenters. The Labute approximate surface area is 215 Å². The summed E-state index contributed by atoms with van der Waals surface area (Å²) < 4.78 is 23.4. The number of rotatable bonds is 5. The first-order valence-corrected chi connectivity index (χ1v) is 13.4. The molecule has 0 saturated carbocycles. The van der Waals surface area contributed by atoms with Gasteiger partial charge in [0, 0.05) is 49.3 Å². The maximum absolute atomic E-state index is 13.6. The van der Waals surface area contributed by atoms with E-state index in [2.05, 4.69) is 19.9 Å². The van der Waals surface area contributed by atoms with Gasteiger partial charge in [0.15, 0.2) is 16.7 Å². The van der Waals surface area contributed by atoms with E-state index in [1.807, 2.05) is 41.5 Å². The third-order valence-electron chi connectivity index (χ3n) is 7.40. The summed E-state index contributed by atoms with van der Waals surface area (Å²) in [5.74, 6) is 1.23. The Hall–Kier alpha value is -3.61. The molecule has 1 aromatic carbocycles. The van der Waals surface area contributed by atoms with E-state index >= 15 is 0 Å². The summed E-state index contributed by atoms with van der Waals surface area (Å²) in [6.07, 6.45) is 6.39. The third-order valence-corrected chi connectivity index (χ3v) is 7.93. The quantitative estimate of drug-likeness (QED) is 0.396. The molecule has 1 saturated heterocycles. The van der Waals surface area contributed by atoms with Gasteiger partial charge in [-0.2, -0.15) is 0 Å². The maximum Gasteiger partial charge on any atom is 0.251 e. The lowest BCUT2D eigenvalue weighted by molar-refractivity contribution is -0.127. The Kier molecular flexibility index (Phi) is 5.62. The second kappa shape index (κ2) is 8.75. The van der Waals surface area contributed by atoms with Crippen LogP contribution in [-0.2, 0) is 28.0 Å². The third kappa shape index (κ3) is 3.50. The van der Waals surface area contributed by atoms with Gasteiger partial charge in [-0.15, -0.1) is 0 Å².